The number of rotatable bonds is 2. The Kier molecular flexibility index (Phi) is 2.92. The summed E-state index contributed by atoms with van der Waals surface area (Å²) in [6.07, 6.45) is 1.47. The first kappa shape index (κ1) is 11.7. The highest BCUT2D eigenvalue weighted by Gasteiger charge is 2.08. The molecule has 0 amide bonds. The van der Waals surface area contributed by atoms with Gasteiger partial charge in [-0.05, 0) is 23.4 Å². The third kappa shape index (κ3) is 2.43. The van der Waals surface area contributed by atoms with E-state index in [1.807, 2.05) is 30.3 Å². The Morgan fingerprint density at radius 3 is 2.68 bits per heavy atom. The summed E-state index contributed by atoms with van der Waals surface area (Å²) in [4.78, 5) is 9.76. The van der Waals surface area contributed by atoms with Crippen molar-refractivity contribution >= 4 is 11.6 Å². The van der Waals surface area contributed by atoms with Gasteiger partial charge in [-0.2, -0.15) is 4.80 Å². The summed E-state index contributed by atoms with van der Waals surface area (Å²) < 4.78 is 0. The van der Waals surface area contributed by atoms with Crippen molar-refractivity contribution < 1.29 is 0 Å². The van der Waals surface area contributed by atoms with Gasteiger partial charge in [-0.1, -0.05) is 23.7 Å². The Morgan fingerprint density at radius 2 is 1.95 bits per heavy atom. The van der Waals surface area contributed by atoms with Gasteiger partial charge in [0, 0.05) is 10.6 Å². The topological polar surface area (TPSA) is 69.4 Å². The van der Waals surface area contributed by atoms with Gasteiger partial charge in [0.2, 0.25) is 5.82 Å². The lowest BCUT2D eigenvalue weighted by atomic mass is 10.1. The van der Waals surface area contributed by atoms with E-state index in [1.165, 1.54) is 11.1 Å². The second kappa shape index (κ2) is 4.74. The molecule has 0 aliphatic carbocycles. The molecule has 0 N–H and O–H groups in total. The molecule has 6 nitrogen and oxygen atoms in total. The molecule has 0 saturated heterocycles. The average Bonchev–Trinajstić information content (AvgIpc) is 2.86. The zero-order valence-electron chi connectivity index (χ0n) is 10.0. The van der Waals surface area contributed by atoms with Crippen molar-refractivity contribution in [3.63, 3.8) is 0 Å². The lowest BCUT2D eigenvalue weighted by Crippen LogP contribution is -1.93. The molecule has 1 aromatic carbocycles. The van der Waals surface area contributed by atoms with Gasteiger partial charge in [0.05, 0.1) is 12.7 Å². The highest BCUT2D eigenvalue weighted by atomic mass is 35.5. The minimum atomic E-state index is 0.466. The number of hydrogen-bond donors (Lipinski definition) is 0. The number of tetrazole rings is 1. The van der Waals surface area contributed by atoms with Crippen molar-refractivity contribution in [1.29, 1.82) is 0 Å². The fraction of sp³-hybridized carbons (Fsp3) is 0.0833. The van der Waals surface area contributed by atoms with E-state index in [0.717, 1.165) is 11.3 Å². The highest BCUT2D eigenvalue weighted by Crippen LogP contribution is 2.22. The normalized spacial score (nSPS) is 10.6. The molecule has 0 radical (unpaired) electrons. The Bertz CT molecular complexity index is 723. The fourth-order valence-corrected chi connectivity index (χ4v) is 1.86. The maximum Gasteiger partial charge on any atom is 0.223 e. The van der Waals surface area contributed by atoms with E-state index in [1.54, 1.807) is 7.05 Å². The molecular formula is C12H9ClN6. The number of aryl methyl sites for hydroxylation is 1. The van der Waals surface area contributed by atoms with Crippen LogP contribution in [0.1, 0.15) is 0 Å². The van der Waals surface area contributed by atoms with Gasteiger partial charge >= 0.3 is 0 Å². The van der Waals surface area contributed by atoms with E-state index in [0.29, 0.717) is 16.5 Å². The van der Waals surface area contributed by atoms with Crippen LogP contribution in [0, 0.1) is 0 Å². The van der Waals surface area contributed by atoms with Crippen LogP contribution in [0.15, 0.2) is 36.7 Å². The molecule has 0 atom stereocenters. The van der Waals surface area contributed by atoms with Crippen LogP contribution in [0.3, 0.4) is 0 Å². The summed E-state index contributed by atoms with van der Waals surface area (Å²) in [5.41, 5.74) is 2.30. The molecule has 0 saturated carbocycles. The number of hydrogen-bond acceptors (Lipinski definition) is 5. The largest absolute Gasteiger partial charge is 0.236 e. The summed E-state index contributed by atoms with van der Waals surface area (Å²) in [7, 11) is 1.70. The van der Waals surface area contributed by atoms with Crippen molar-refractivity contribution in [3.8, 4) is 22.8 Å². The van der Waals surface area contributed by atoms with Crippen LogP contribution < -0.4 is 0 Å². The molecule has 0 fully saturated rings. The SMILES string of the molecule is Cn1nnc(-c2cc(-c3cccc(Cl)c3)ncn2)n1. The molecule has 0 unspecified atom stereocenters. The first-order chi connectivity index (χ1) is 9.22. The third-order valence-electron chi connectivity index (χ3n) is 2.52. The highest BCUT2D eigenvalue weighted by molar-refractivity contribution is 6.30. The second-order valence-corrected chi connectivity index (χ2v) is 4.34. The lowest BCUT2D eigenvalue weighted by Gasteiger charge is -2.02. The molecule has 3 rings (SSSR count). The van der Waals surface area contributed by atoms with Crippen LogP contribution in [0.4, 0.5) is 0 Å². The molecule has 0 bridgehead atoms. The Hall–Kier alpha value is -2.34. The van der Waals surface area contributed by atoms with Crippen LogP contribution in [0.2, 0.25) is 5.02 Å². The molecule has 2 aromatic heterocycles. The minimum absolute atomic E-state index is 0.466. The Balaban J connectivity index is 2.05. The molecule has 7 heteroatoms. The van der Waals surface area contributed by atoms with Crippen LogP contribution >= 0.6 is 11.6 Å². The van der Waals surface area contributed by atoms with Gasteiger partial charge < -0.3 is 0 Å². The standard InChI is InChI=1S/C12H9ClN6/c1-19-17-12(16-18-19)11-6-10(14-7-15-11)8-3-2-4-9(13)5-8/h2-7H,1H3. The maximum atomic E-state index is 5.97. The first-order valence-corrected chi connectivity index (χ1v) is 5.92. The first-order valence-electron chi connectivity index (χ1n) is 5.55. The Morgan fingerprint density at radius 1 is 1.11 bits per heavy atom. The zero-order chi connectivity index (χ0) is 13.2. The van der Waals surface area contributed by atoms with Crippen molar-refractivity contribution in [2.45, 2.75) is 0 Å². The number of nitrogens with zero attached hydrogens (tertiary/aromatic N) is 6. The van der Waals surface area contributed by atoms with Crippen molar-refractivity contribution in [2.75, 3.05) is 0 Å². The Labute approximate surface area is 114 Å². The molecular weight excluding hydrogens is 264 g/mol. The summed E-state index contributed by atoms with van der Waals surface area (Å²) in [5.74, 6) is 0.466. The van der Waals surface area contributed by atoms with E-state index in [-0.39, 0.29) is 0 Å². The second-order valence-electron chi connectivity index (χ2n) is 3.90. The molecule has 94 valence electrons. The summed E-state index contributed by atoms with van der Waals surface area (Å²) in [6.45, 7) is 0. The van der Waals surface area contributed by atoms with E-state index >= 15 is 0 Å². The van der Waals surface area contributed by atoms with E-state index in [9.17, 15) is 0 Å². The van der Waals surface area contributed by atoms with Crippen molar-refractivity contribution in [3.05, 3.63) is 41.7 Å². The quantitative estimate of drug-likeness (QED) is 0.713. The van der Waals surface area contributed by atoms with E-state index < -0.39 is 0 Å². The monoisotopic (exact) mass is 272 g/mol. The summed E-state index contributed by atoms with van der Waals surface area (Å²) in [6, 6.07) is 9.28. The predicted octanol–water partition coefficient (Wildman–Crippen LogP) is 1.99. The molecule has 3 aromatic rings. The lowest BCUT2D eigenvalue weighted by molar-refractivity contribution is 0.630. The van der Waals surface area contributed by atoms with Gasteiger partial charge in [-0.3, -0.25) is 0 Å². The minimum Gasteiger partial charge on any atom is -0.236 e. The molecule has 0 aliphatic rings. The number of aromatic nitrogens is 6. The van der Waals surface area contributed by atoms with Crippen LogP contribution in [-0.4, -0.2) is 30.2 Å². The van der Waals surface area contributed by atoms with Gasteiger partial charge in [0.15, 0.2) is 0 Å². The summed E-state index contributed by atoms with van der Waals surface area (Å²) >= 11 is 5.97. The van der Waals surface area contributed by atoms with Gasteiger partial charge in [-0.15, -0.1) is 10.2 Å². The maximum absolute atomic E-state index is 5.97. The summed E-state index contributed by atoms with van der Waals surface area (Å²) in [5, 5.41) is 12.5. The van der Waals surface area contributed by atoms with Crippen molar-refractivity contribution in [1.82, 2.24) is 30.2 Å². The van der Waals surface area contributed by atoms with Crippen LogP contribution in [0.5, 0.6) is 0 Å². The molecule has 0 aliphatic heterocycles. The molecule has 0 spiro atoms. The van der Waals surface area contributed by atoms with Gasteiger partial charge in [0.1, 0.15) is 12.0 Å². The average molecular weight is 273 g/mol. The van der Waals surface area contributed by atoms with Crippen LogP contribution in [-0.2, 0) is 7.05 Å². The molecule has 2 heterocycles. The van der Waals surface area contributed by atoms with E-state index in [2.05, 4.69) is 25.4 Å². The smallest absolute Gasteiger partial charge is 0.223 e. The van der Waals surface area contributed by atoms with Gasteiger partial charge in [-0.25, -0.2) is 9.97 Å². The zero-order valence-corrected chi connectivity index (χ0v) is 10.8. The van der Waals surface area contributed by atoms with Gasteiger partial charge in [0.25, 0.3) is 0 Å². The fourth-order valence-electron chi connectivity index (χ4n) is 1.67. The molecule has 19 heavy (non-hydrogen) atoms. The van der Waals surface area contributed by atoms with Crippen LogP contribution in [0.25, 0.3) is 22.8 Å². The predicted molar refractivity (Wildman–Crippen MR) is 70.3 cm³/mol. The number of benzene rings is 1. The number of halogens is 1. The van der Waals surface area contributed by atoms with Crippen molar-refractivity contribution in [2.24, 2.45) is 7.05 Å². The van der Waals surface area contributed by atoms with E-state index in [4.69, 9.17) is 11.6 Å². The third-order valence-corrected chi connectivity index (χ3v) is 2.76.